The zero-order chi connectivity index (χ0) is 15.8. The predicted molar refractivity (Wildman–Crippen MR) is 64.8 cm³/mol. The van der Waals surface area contributed by atoms with Crippen LogP contribution in [0.4, 0.5) is 24.9 Å². The van der Waals surface area contributed by atoms with Gasteiger partial charge in [0.25, 0.3) is 0 Å². The number of carbonyl (C=O) groups excluding carboxylic acids is 2. The number of hydrogen-bond donors (Lipinski definition) is 3. The summed E-state index contributed by atoms with van der Waals surface area (Å²) in [4.78, 5) is 31.0. The van der Waals surface area contributed by atoms with Gasteiger partial charge in [-0.3, -0.25) is 20.3 Å². The number of rotatable bonds is 2. The Balaban J connectivity index is 2.47. The highest BCUT2D eigenvalue weighted by atomic mass is 19.4. The number of nitrogens with one attached hydrogen (secondary N) is 2. The predicted octanol–water partition coefficient (Wildman–Crippen LogP) is -0.368. The molecule has 8 nitrogen and oxygen atoms in total. The van der Waals surface area contributed by atoms with E-state index in [1.807, 2.05) is 5.43 Å². The van der Waals surface area contributed by atoms with E-state index in [9.17, 15) is 22.8 Å². The second kappa shape index (κ2) is 5.16. The lowest BCUT2D eigenvalue weighted by molar-refractivity contribution is -0.141. The van der Waals surface area contributed by atoms with Gasteiger partial charge < -0.3 is 4.90 Å². The number of aromatic nitrogens is 2. The number of imide groups is 1. The number of hydrazine groups is 1. The molecule has 11 heteroatoms. The summed E-state index contributed by atoms with van der Waals surface area (Å²) in [6.45, 7) is 1.14. The van der Waals surface area contributed by atoms with Gasteiger partial charge in [-0.1, -0.05) is 0 Å². The molecule has 2 rings (SSSR count). The SMILES string of the molecule is CC1C(=O)NC(=O)CN1c1cc(C(F)(F)F)nc(NN)n1. The molecule has 1 aromatic rings. The van der Waals surface area contributed by atoms with Crippen LogP contribution in [-0.2, 0) is 15.8 Å². The van der Waals surface area contributed by atoms with Crippen molar-refractivity contribution in [3.05, 3.63) is 11.8 Å². The van der Waals surface area contributed by atoms with Crippen LogP contribution in [-0.4, -0.2) is 34.4 Å². The minimum absolute atomic E-state index is 0.221. The van der Waals surface area contributed by atoms with Crippen LogP contribution in [0, 0.1) is 0 Å². The number of halogens is 3. The maximum atomic E-state index is 12.8. The van der Waals surface area contributed by atoms with Crippen molar-refractivity contribution in [2.75, 3.05) is 16.9 Å². The summed E-state index contributed by atoms with van der Waals surface area (Å²) in [7, 11) is 0. The van der Waals surface area contributed by atoms with Crippen LogP contribution in [0.3, 0.4) is 0 Å². The molecule has 1 atom stereocenters. The number of carbonyl (C=O) groups is 2. The summed E-state index contributed by atoms with van der Waals surface area (Å²) in [5.41, 5.74) is 0.691. The van der Waals surface area contributed by atoms with Crippen molar-refractivity contribution in [2.24, 2.45) is 5.84 Å². The third kappa shape index (κ3) is 3.02. The van der Waals surface area contributed by atoms with E-state index in [1.165, 1.54) is 6.92 Å². The highest BCUT2D eigenvalue weighted by Gasteiger charge is 2.36. The Morgan fingerprint density at radius 2 is 2.10 bits per heavy atom. The zero-order valence-electron chi connectivity index (χ0n) is 10.7. The molecular weight excluding hydrogens is 293 g/mol. The fourth-order valence-corrected chi connectivity index (χ4v) is 1.79. The summed E-state index contributed by atoms with van der Waals surface area (Å²) >= 11 is 0. The lowest BCUT2D eigenvalue weighted by Crippen LogP contribution is -2.57. The molecule has 1 aliphatic heterocycles. The van der Waals surface area contributed by atoms with Crippen molar-refractivity contribution in [3.63, 3.8) is 0 Å². The molecule has 0 saturated carbocycles. The van der Waals surface area contributed by atoms with E-state index in [2.05, 4.69) is 15.3 Å². The molecule has 4 N–H and O–H groups in total. The molecule has 1 unspecified atom stereocenters. The van der Waals surface area contributed by atoms with Crippen molar-refractivity contribution < 1.29 is 22.8 Å². The van der Waals surface area contributed by atoms with Crippen molar-refractivity contribution in [3.8, 4) is 0 Å². The number of nitrogens with two attached hydrogens (primary N) is 1. The van der Waals surface area contributed by atoms with Crippen LogP contribution in [0.1, 0.15) is 12.6 Å². The van der Waals surface area contributed by atoms with E-state index >= 15 is 0 Å². The second-order valence-electron chi connectivity index (χ2n) is 4.29. The van der Waals surface area contributed by atoms with Crippen LogP contribution in [0.5, 0.6) is 0 Å². The highest BCUT2D eigenvalue weighted by Crippen LogP contribution is 2.31. The number of amides is 2. The fourth-order valence-electron chi connectivity index (χ4n) is 1.79. The maximum absolute atomic E-state index is 12.8. The number of nitrogens with zero attached hydrogens (tertiary/aromatic N) is 3. The molecule has 2 heterocycles. The second-order valence-corrected chi connectivity index (χ2v) is 4.29. The van der Waals surface area contributed by atoms with Crippen molar-refractivity contribution >= 4 is 23.6 Å². The molecule has 0 aromatic carbocycles. The first kappa shape index (κ1) is 15.0. The number of alkyl halides is 3. The summed E-state index contributed by atoms with van der Waals surface area (Å²) in [5, 5.41) is 2.08. The fraction of sp³-hybridized carbons (Fsp3) is 0.400. The zero-order valence-corrected chi connectivity index (χ0v) is 10.7. The Labute approximate surface area is 116 Å². The van der Waals surface area contributed by atoms with Gasteiger partial charge in [-0.25, -0.2) is 10.8 Å². The van der Waals surface area contributed by atoms with Gasteiger partial charge in [0.1, 0.15) is 11.9 Å². The minimum Gasteiger partial charge on any atom is -0.335 e. The monoisotopic (exact) mass is 304 g/mol. The smallest absolute Gasteiger partial charge is 0.335 e. The van der Waals surface area contributed by atoms with Gasteiger partial charge in [-0.2, -0.15) is 18.2 Å². The highest BCUT2D eigenvalue weighted by molar-refractivity contribution is 6.04. The van der Waals surface area contributed by atoms with Gasteiger partial charge >= 0.3 is 6.18 Å². The molecule has 0 radical (unpaired) electrons. The lowest BCUT2D eigenvalue weighted by atomic mass is 10.2. The summed E-state index contributed by atoms with van der Waals surface area (Å²) in [6.07, 6.45) is -4.71. The Hall–Kier alpha value is -2.43. The summed E-state index contributed by atoms with van der Waals surface area (Å²) in [6, 6.07) is -0.201. The standard InChI is InChI=1S/C10H11F3N6O2/c1-4-8(21)17-7(20)3-19(4)6-2-5(10(11,12)13)15-9(16-6)18-14/h2,4H,3,14H2,1H3,(H,15,16,18)(H,17,20,21). The number of hydrogen-bond acceptors (Lipinski definition) is 7. The first-order chi connectivity index (χ1) is 9.72. The molecule has 0 aliphatic carbocycles. The Bertz CT molecular complexity index is 591. The van der Waals surface area contributed by atoms with Gasteiger partial charge in [0.15, 0.2) is 5.69 Å². The van der Waals surface area contributed by atoms with Crippen molar-refractivity contribution in [2.45, 2.75) is 19.1 Å². The van der Waals surface area contributed by atoms with E-state index in [0.29, 0.717) is 6.07 Å². The molecule has 1 aromatic heterocycles. The van der Waals surface area contributed by atoms with Crippen LogP contribution >= 0.6 is 0 Å². The van der Waals surface area contributed by atoms with Crippen LogP contribution in [0.25, 0.3) is 0 Å². The largest absolute Gasteiger partial charge is 0.433 e. The van der Waals surface area contributed by atoms with Crippen LogP contribution < -0.4 is 21.5 Å². The molecule has 1 fully saturated rings. The van der Waals surface area contributed by atoms with Gasteiger partial charge in [0.2, 0.25) is 17.8 Å². The quantitative estimate of drug-likeness (QED) is 0.388. The Morgan fingerprint density at radius 1 is 1.43 bits per heavy atom. The van der Waals surface area contributed by atoms with Gasteiger partial charge in [-0.05, 0) is 6.92 Å². The molecule has 1 aliphatic rings. The third-order valence-corrected chi connectivity index (χ3v) is 2.85. The molecule has 1 saturated heterocycles. The lowest BCUT2D eigenvalue weighted by Gasteiger charge is -2.32. The maximum Gasteiger partial charge on any atom is 0.433 e. The molecule has 114 valence electrons. The molecule has 0 bridgehead atoms. The topological polar surface area (TPSA) is 113 Å². The number of piperazine rings is 1. The van der Waals surface area contributed by atoms with Gasteiger partial charge in [0, 0.05) is 6.07 Å². The Morgan fingerprint density at radius 3 is 2.67 bits per heavy atom. The van der Waals surface area contributed by atoms with Gasteiger partial charge in [0.05, 0.1) is 6.54 Å². The third-order valence-electron chi connectivity index (χ3n) is 2.85. The van der Waals surface area contributed by atoms with E-state index in [0.717, 1.165) is 4.90 Å². The van der Waals surface area contributed by atoms with E-state index < -0.39 is 35.7 Å². The normalized spacial score (nSPS) is 19.5. The first-order valence-electron chi connectivity index (χ1n) is 5.75. The van der Waals surface area contributed by atoms with Crippen molar-refractivity contribution in [1.29, 1.82) is 0 Å². The molecule has 2 amide bonds. The Kier molecular flexibility index (Phi) is 3.68. The average Bonchev–Trinajstić information content (AvgIpc) is 2.41. The average molecular weight is 304 g/mol. The van der Waals surface area contributed by atoms with Crippen LogP contribution in [0.2, 0.25) is 0 Å². The minimum atomic E-state index is -4.71. The molecule has 0 spiro atoms. The number of anilines is 2. The molecule has 21 heavy (non-hydrogen) atoms. The summed E-state index contributed by atoms with van der Waals surface area (Å²) in [5.74, 6) is 3.10. The summed E-state index contributed by atoms with van der Waals surface area (Å²) < 4.78 is 38.3. The van der Waals surface area contributed by atoms with Crippen molar-refractivity contribution in [1.82, 2.24) is 15.3 Å². The number of nitrogen functional groups attached to an aromatic ring is 1. The van der Waals surface area contributed by atoms with E-state index in [4.69, 9.17) is 5.84 Å². The van der Waals surface area contributed by atoms with Crippen LogP contribution in [0.15, 0.2) is 6.07 Å². The van der Waals surface area contributed by atoms with E-state index in [-0.39, 0.29) is 12.4 Å². The first-order valence-corrected chi connectivity index (χ1v) is 5.75. The van der Waals surface area contributed by atoms with Gasteiger partial charge in [-0.15, -0.1) is 0 Å². The van der Waals surface area contributed by atoms with E-state index in [1.54, 1.807) is 0 Å². The molecular formula is C10H11F3N6O2.